The monoisotopic (exact) mass is 229 g/mol. The molecule has 0 fully saturated rings. The highest BCUT2D eigenvalue weighted by molar-refractivity contribution is 5.93. The molecule has 1 N–H and O–H groups in total. The highest BCUT2D eigenvalue weighted by Gasteiger charge is 2.11. The van der Waals surface area contributed by atoms with Gasteiger partial charge in [-0.1, -0.05) is 6.07 Å². The molecule has 2 aromatic rings. The number of rotatable bonds is 2. The number of phenolic OH excluding ortho intramolecular Hbond substituents is 1. The molecule has 1 aromatic carbocycles. The molecule has 4 nitrogen and oxygen atoms in total. The Bertz CT molecular complexity index is 538. The average Bonchev–Trinajstić information content (AvgIpc) is 2.39. The van der Waals surface area contributed by atoms with Crippen LogP contribution in [0.3, 0.4) is 0 Å². The molecule has 0 bridgehead atoms. The van der Waals surface area contributed by atoms with Gasteiger partial charge < -0.3 is 9.84 Å². The summed E-state index contributed by atoms with van der Waals surface area (Å²) in [6.07, 6.45) is 3.33. The number of nitrogens with zero attached hydrogens (tertiary/aromatic N) is 1. The van der Waals surface area contributed by atoms with Crippen LogP contribution >= 0.6 is 0 Å². The molecule has 4 heteroatoms. The molecule has 0 aliphatic carbocycles. The van der Waals surface area contributed by atoms with E-state index in [0.29, 0.717) is 0 Å². The van der Waals surface area contributed by atoms with E-state index in [1.165, 1.54) is 19.2 Å². The molecule has 0 spiro atoms. The Labute approximate surface area is 98.5 Å². The van der Waals surface area contributed by atoms with Crippen LogP contribution in [0.5, 0.6) is 5.75 Å². The van der Waals surface area contributed by atoms with Gasteiger partial charge in [-0.2, -0.15) is 0 Å². The SMILES string of the molecule is COC(=O)c1ccc(-c2ccncc2)cc1O. The summed E-state index contributed by atoms with van der Waals surface area (Å²) in [4.78, 5) is 15.2. The van der Waals surface area contributed by atoms with E-state index in [9.17, 15) is 9.90 Å². The van der Waals surface area contributed by atoms with Crippen molar-refractivity contribution in [3.8, 4) is 16.9 Å². The van der Waals surface area contributed by atoms with Gasteiger partial charge in [0, 0.05) is 12.4 Å². The second-order valence-corrected chi connectivity index (χ2v) is 3.46. The number of aromatic hydroxyl groups is 1. The summed E-state index contributed by atoms with van der Waals surface area (Å²) in [5.41, 5.74) is 1.90. The molecule has 0 saturated carbocycles. The fraction of sp³-hybridized carbons (Fsp3) is 0.0769. The Morgan fingerprint density at radius 2 is 1.88 bits per heavy atom. The van der Waals surface area contributed by atoms with E-state index in [-0.39, 0.29) is 11.3 Å². The number of benzene rings is 1. The fourth-order valence-electron chi connectivity index (χ4n) is 1.54. The van der Waals surface area contributed by atoms with Crippen molar-refractivity contribution in [3.05, 3.63) is 48.3 Å². The lowest BCUT2D eigenvalue weighted by molar-refractivity contribution is 0.0597. The number of carbonyl (C=O) groups is 1. The molecule has 0 radical (unpaired) electrons. The predicted octanol–water partition coefficient (Wildman–Crippen LogP) is 2.24. The number of pyridine rings is 1. The molecular formula is C13H11NO3. The number of aromatic nitrogens is 1. The maximum absolute atomic E-state index is 11.3. The Hall–Kier alpha value is -2.36. The molecule has 17 heavy (non-hydrogen) atoms. The van der Waals surface area contributed by atoms with E-state index in [1.54, 1.807) is 18.5 Å². The summed E-state index contributed by atoms with van der Waals surface area (Å²) in [5.74, 6) is -0.644. The van der Waals surface area contributed by atoms with Crippen molar-refractivity contribution < 1.29 is 14.6 Å². The molecule has 0 unspecified atom stereocenters. The predicted molar refractivity (Wildman–Crippen MR) is 62.7 cm³/mol. The van der Waals surface area contributed by atoms with E-state index >= 15 is 0 Å². The quantitative estimate of drug-likeness (QED) is 0.802. The van der Waals surface area contributed by atoms with E-state index in [0.717, 1.165) is 11.1 Å². The maximum atomic E-state index is 11.3. The number of ether oxygens (including phenoxy) is 1. The zero-order valence-corrected chi connectivity index (χ0v) is 9.25. The summed E-state index contributed by atoms with van der Waals surface area (Å²) in [6.45, 7) is 0. The first kappa shape index (κ1) is 11.1. The molecule has 0 aliphatic heterocycles. The van der Waals surface area contributed by atoms with Gasteiger partial charge in [0.1, 0.15) is 11.3 Å². The van der Waals surface area contributed by atoms with Crippen molar-refractivity contribution in [1.29, 1.82) is 0 Å². The minimum Gasteiger partial charge on any atom is -0.507 e. The lowest BCUT2D eigenvalue weighted by Crippen LogP contribution is -2.01. The molecule has 1 heterocycles. The van der Waals surface area contributed by atoms with Gasteiger partial charge in [-0.3, -0.25) is 4.98 Å². The number of hydrogen-bond acceptors (Lipinski definition) is 4. The topological polar surface area (TPSA) is 59.4 Å². The molecule has 0 aliphatic rings. The molecule has 2 rings (SSSR count). The van der Waals surface area contributed by atoms with Crippen molar-refractivity contribution in [1.82, 2.24) is 4.98 Å². The van der Waals surface area contributed by atoms with Crippen LogP contribution in [0.2, 0.25) is 0 Å². The van der Waals surface area contributed by atoms with Crippen LogP contribution in [0, 0.1) is 0 Å². The van der Waals surface area contributed by atoms with Crippen LogP contribution < -0.4 is 0 Å². The molecular weight excluding hydrogens is 218 g/mol. The van der Waals surface area contributed by atoms with Crippen molar-refractivity contribution in [2.75, 3.05) is 7.11 Å². The number of carbonyl (C=O) groups excluding carboxylic acids is 1. The van der Waals surface area contributed by atoms with Gasteiger partial charge in [-0.25, -0.2) is 4.79 Å². The Morgan fingerprint density at radius 1 is 1.18 bits per heavy atom. The third kappa shape index (κ3) is 2.25. The Morgan fingerprint density at radius 3 is 2.47 bits per heavy atom. The summed E-state index contributed by atoms with van der Waals surface area (Å²) in [6, 6.07) is 8.47. The third-order valence-corrected chi connectivity index (χ3v) is 2.42. The number of phenols is 1. The minimum absolute atomic E-state index is 0.0915. The van der Waals surface area contributed by atoms with Crippen LogP contribution in [0.1, 0.15) is 10.4 Å². The van der Waals surface area contributed by atoms with Gasteiger partial charge in [-0.15, -0.1) is 0 Å². The van der Waals surface area contributed by atoms with Gasteiger partial charge in [0.25, 0.3) is 0 Å². The van der Waals surface area contributed by atoms with E-state index in [4.69, 9.17) is 0 Å². The zero-order chi connectivity index (χ0) is 12.3. The van der Waals surface area contributed by atoms with Gasteiger partial charge in [0.05, 0.1) is 7.11 Å². The van der Waals surface area contributed by atoms with E-state index in [2.05, 4.69) is 9.72 Å². The van der Waals surface area contributed by atoms with Crippen LogP contribution in [-0.2, 0) is 4.74 Å². The first-order chi connectivity index (χ1) is 8.22. The van der Waals surface area contributed by atoms with Crippen molar-refractivity contribution in [2.45, 2.75) is 0 Å². The number of hydrogen-bond donors (Lipinski definition) is 1. The lowest BCUT2D eigenvalue weighted by atomic mass is 10.0. The van der Waals surface area contributed by atoms with E-state index in [1.807, 2.05) is 12.1 Å². The van der Waals surface area contributed by atoms with Crippen LogP contribution in [0.25, 0.3) is 11.1 Å². The Kier molecular flexibility index (Phi) is 3.05. The minimum atomic E-state index is -0.552. The summed E-state index contributed by atoms with van der Waals surface area (Å²) in [7, 11) is 1.28. The molecule has 0 saturated heterocycles. The van der Waals surface area contributed by atoms with Crippen LogP contribution in [0.4, 0.5) is 0 Å². The van der Waals surface area contributed by atoms with Crippen molar-refractivity contribution >= 4 is 5.97 Å². The Balaban J connectivity index is 2.41. The van der Waals surface area contributed by atoms with Gasteiger partial charge in [0.15, 0.2) is 0 Å². The van der Waals surface area contributed by atoms with Gasteiger partial charge in [-0.05, 0) is 35.4 Å². The molecule has 0 atom stereocenters. The third-order valence-electron chi connectivity index (χ3n) is 2.42. The van der Waals surface area contributed by atoms with Crippen LogP contribution in [0.15, 0.2) is 42.7 Å². The zero-order valence-electron chi connectivity index (χ0n) is 9.25. The van der Waals surface area contributed by atoms with E-state index < -0.39 is 5.97 Å². The molecule has 86 valence electrons. The van der Waals surface area contributed by atoms with Crippen LogP contribution in [-0.4, -0.2) is 23.2 Å². The highest BCUT2D eigenvalue weighted by atomic mass is 16.5. The summed E-state index contributed by atoms with van der Waals surface area (Å²) in [5, 5.41) is 9.74. The second-order valence-electron chi connectivity index (χ2n) is 3.46. The van der Waals surface area contributed by atoms with Crippen molar-refractivity contribution in [3.63, 3.8) is 0 Å². The van der Waals surface area contributed by atoms with Gasteiger partial charge >= 0.3 is 5.97 Å². The molecule has 1 aromatic heterocycles. The smallest absolute Gasteiger partial charge is 0.341 e. The first-order valence-electron chi connectivity index (χ1n) is 5.04. The van der Waals surface area contributed by atoms with Gasteiger partial charge in [0.2, 0.25) is 0 Å². The largest absolute Gasteiger partial charge is 0.507 e. The highest BCUT2D eigenvalue weighted by Crippen LogP contribution is 2.26. The fourth-order valence-corrected chi connectivity index (χ4v) is 1.54. The lowest BCUT2D eigenvalue weighted by Gasteiger charge is -2.05. The molecule has 0 amide bonds. The van der Waals surface area contributed by atoms with Crippen molar-refractivity contribution in [2.24, 2.45) is 0 Å². The maximum Gasteiger partial charge on any atom is 0.341 e. The number of esters is 1. The number of methoxy groups -OCH3 is 1. The summed E-state index contributed by atoms with van der Waals surface area (Å²) >= 11 is 0. The average molecular weight is 229 g/mol. The normalized spacial score (nSPS) is 9.94. The second kappa shape index (κ2) is 4.65. The first-order valence-corrected chi connectivity index (χ1v) is 5.04. The standard InChI is InChI=1S/C13H11NO3/c1-17-13(16)11-3-2-10(8-12(11)15)9-4-6-14-7-5-9/h2-8,15H,1H3. The summed E-state index contributed by atoms with van der Waals surface area (Å²) < 4.78 is 4.55.